The van der Waals surface area contributed by atoms with E-state index in [9.17, 15) is 27.9 Å². The van der Waals surface area contributed by atoms with Gasteiger partial charge in [-0.25, -0.2) is 4.98 Å². The molecule has 224 valence electrons. The number of fused-ring (bicyclic) bond motifs is 2. The van der Waals surface area contributed by atoms with Crippen LogP contribution in [0, 0.1) is 0 Å². The number of aliphatic hydroxyl groups is 1. The van der Waals surface area contributed by atoms with Crippen LogP contribution in [-0.4, -0.2) is 32.4 Å². The predicted molar refractivity (Wildman–Crippen MR) is 162 cm³/mol. The second-order valence-corrected chi connectivity index (χ2v) is 12.5. The molecule has 3 aromatic carbocycles. The summed E-state index contributed by atoms with van der Waals surface area (Å²) in [7, 11) is 0. The molecule has 1 saturated carbocycles. The average Bonchev–Trinajstić information content (AvgIpc) is 3.75. The molecule has 5 aromatic rings. The number of alkyl halides is 3. The molecule has 0 radical (unpaired) electrons. The molecule has 1 amide bonds. The summed E-state index contributed by atoms with van der Waals surface area (Å²) in [6.07, 6.45) is -3.74. The Hall–Kier alpha value is -4.28. The number of aromatic amines is 1. The number of aliphatic hydroxyl groups excluding tert-OH is 1. The molecule has 2 aliphatic rings. The van der Waals surface area contributed by atoms with Gasteiger partial charge in [0.25, 0.3) is 11.5 Å². The second kappa shape index (κ2) is 10.7. The van der Waals surface area contributed by atoms with Gasteiger partial charge in [-0.1, -0.05) is 42.5 Å². The van der Waals surface area contributed by atoms with E-state index in [0.29, 0.717) is 29.9 Å². The van der Waals surface area contributed by atoms with Crippen LogP contribution in [0.3, 0.4) is 0 Å². The van der Waals surface area contributed by atoms with Gasteiger partial charge in [-0.3, -0.25) is 9.59 Å². The third-order valence-corrected chi connectivity index (χ3v) is 9.67. The van der Waals surface area contributed by atoms with Crippen molar-refractivity contribution in [2.75, 3.05) is 6.54 Å². The fourth-order valence-electron chi connectivity index (χ4n) is 6.17. The van der Waals surface area contributed by atoms with Gasteiger partial charge in [-0.15, -0.1) is 11.3 Å². The third-order valence-electron chi connectivity index (χ3n) is 8.77. The van der Waals surface area contributed by atoms with Crippen molar-refractivity contribution in [3.63, 3.8) is 0 Å². The van der Waals surface area contributed by atoms with Crippen LogP contribution >= 0.6 is 11.3 Å². The van der Waals surface area contributed by atoms with Gasteiger partial charge < -0.3 is 15.0 Å². The minimum absolute atomic E-state index is 0.0830. The number of halogens is 3. The lowest BCUT2D eigenvalue weighted by Crippen LogP contribution is -2.36. The molecule has 2 aromatic heterocycles. The van der Waals surface area contributed by atoms with E-state index in [1.54, 1.807) is 11.3 Å². The van der Waals surface area contributed by atoms with Crippen LogP contribution in [0.4, 0.5) is 13.2 Å². The maximum Gasteiger partial charge on any atom is 0.416 e. The van der Waals surface area contributed by atoms with E-state index in [1.165, 1.54) is 21.1 Å². The molecule has 1 aliphatic heterocycles. The van der Waals surface area contributed by atoms with Crippen LogP contribution in [0.5, 0.6) is 0 Å². The lowest BCUT2D eigenvalue weighted by molar-refractivity contribution is -0.142. The molecule has 0 unspecified atom stereocenters. The van der Waals surface area contributed by atoms with Crippen molar-refractivity contribution in [1.29, 1.82) is 0 Å². The van der Waals surface area contributed by atoms with Gasteiger partial charge in [0.1, 0.15) is 5.82 Å². The van der Waals surface area contributed by atoms with E-state index in [2.05, 4.69) is 52.8 Å². The zero-order valence-corrected chi connectivity index (χ0v) is 24.3. The van der Waals surface area contributed by atoms with Crippen LogP contribution in [0.1, 0.15) is 59.1 Å². The molecule has 1 aliphatic carbocycles. The van der Waals surface area contributed by atoms with Gasteiger partial charge >= 0.3 is 6.18 Å². The van der Waals surface area contributed by atoms with Crippen molar-refractivity contribution in [3.05, 3.63) is 122 Å². The van der Waals surface area contributed by atoms with Gasteiger partial charge in [0.05, 0.1) is 28.8 Å². The summed E-state index contributed by atoms with van der Waals surface area (Å²) < 4.78 is 40.8. The molecule has 0 spiro atoms. The molecule has 0 bridgehead atoms. The number of aryl methyl sites for hydroxylation is 1. The first-order valence-corrected chi connectivity index (χ1v) is 15.4. The normalized spacial score (nSPS) is 16.8. The fraction of sp³-hybridized carbons (Fsp3) is 0.265. The fourth-order valence-corrected chi connectivity index (χ4v) is 6.94. The highest BCUT2D eigenvalue weighted by molar-refractivity contribution is 7.17. The van der Waals surface area contributed by atoms with E-state index in [0.717, 1.165) is 47.7 Å². The summed E-state index contributed by atoms with van der Waals surface area (Å²) in [5.41, 5.74) is 2.40. The largest absolute Gasteiger partial charge is 0.416 e. The number of rotatable bonds is 5. The quantitative estimate of drug-likeness (QED) is 0.229. The smallest absolute Gasteiger partial charge is 0.378 e. The monoisotopic (exact) mass is 615 g/mol. The van der Waals surface area contributed by atoms with Crippen molar-refractivity contribution in [2.45, 2.75) is 49.9 Å². The Bertz CT molecular complexity index is 1960. The van der Waals surface area contributed by atoms with Gasteiger partial charge in [0, 0.05) is 11.2 Å². The molecule has 1 fully saturated rings. The van der Waals surface area contributed by atoms with Crippen molar-refractivity contribution < 1.29 is 23.1 Å². The first kappa shape index (κ1) is 28.5. The minimum Gasteiger partial charge on any atom is -0.378 e. The summed E-state index contributed by atoms with van der Waals surface area (Å²) in [4.78, 5) is 36.0. The lowest BCUT2D eigenvalue weighted by atomic mass is 9.91. The molecular weight excluding hydrogens is 587 g/mol. The number of hydrogen-bond acceptors (Lipinski definition) is 5. The Labute approximate surface area is 254 Å². The number of benzene rings is 3. The summed E-state index contributed by atoms with van der Waals surface area (Å²) in [5.74, 6) is -0.146. The number of amides is 1. The van der Waals surface area contributed by atoms with E-state index in [1.807, 2.05) is 6.07 Å². The Balaban J connectivity index is 1.15. The average molecular weight is 616 g/mol. The highest BCUT2D eigenvalue weighted by Gasteiger charge is 2.49. The number of carbonyl (C=O) groups excluding carboxylic acids is 1. The van der Waals surface area contributed by atoms with Gasteiger partial charge in [-0.05, 0) is 89.0 Å². The zero-order valence-electron chi connectivity index (χ0n) is 23.5. The van der Waals surface area contributed by atoms with E-state index in [4.69, 9.17) is 4.98 Å². The highest BCUT2D eigenvalue weighted by Crippen LogP contribution is 2.52. The van der Waals surface area contributed by atoms with Crippen molar-refractivity contribution in [2.24, 2.45) is 0 Å². The Morgan fingerprint density at radius 3 is 2.61 bits per heavy atom. The Kier molecular flexibility index (Phi) is 6.93. The molecule has 10 heteroatoms. The van der Waals surface area contributed by atoms with Gasteiger partial charge in [0.2, 0.25) is 0 Å². The van der Waals surface area contributed by atoms with Crippen LogP contribution in [0.2, 0.25) is 0 Å². The van der Waals surface area contributed by atoms with Crippen molar-refractivity contribution in [3.8, 4) is 11.1 Å². The van der Waals surface area contributed by atoms with Gasteiger partial charge in [-0.2, -0.15) is 13.2 Å². The summed E-state index contributed by atoms with van der Waals surface area (Å²) in [6, 6.07) is 21.0. The summed E-state index contributed by atoms with van der Waals surface area (Å²) in [6.45, 7) is 0.155. The molecule has 0 saturated heterocycles. The van der Waals surface area contributed by atoms with Crippen molar-refractivity contribution in [1.82, 2.24) is 14.9 Å². The zero-order chi connectivity index (χ0) is 30.6. The van der Waals surface area contributed by atoms with Crippen LogP contribution in [0.15, 0.2) is 83.0 Å². The highest BCUT2D eigenvalue weighted by atomic mass is 32.1. The molecule has 2 N–H and O–H groups in total. The summed E-state index contributed by atoms with van der Waals surface area (Å²) in [5, 5.41) is 14.0. The van der Waals surface area contributed by atoms with E-state index in [-0.39, 0.29) is 24.2 Å². The minimum atomic E-state index is -4.60. The molecule has 6 nitrogen and oxygen atoms in total. The molecular formula is C34H28F3N3O3S. The third kappa shape index (κ3) is 5.11. The first-order valence-electron chi connectivity index (χ1n) is 14.5. The van der Waals surface area contributed by atoms with Crippen LogP contribution in [0.25, 0.3) is 21.2 Å². The second-order valence-electron chi connectivity index (χ2n) is 11.6. The number of nitrogens with one attached hydrogen (secondary N) is 1. The Morgan fingerprint density at radius 1 is 1.02 bits per heavy atom. The SMILES string of the molecule is O=C([C@H](O)c1cccc(C(F)(F)F)c1)N1CCCc2nc(C3(c4cccc(-c5ccc6sccc6c5)c4)CC3)[nH]c(=O)c2C1. The van der Waals surface area contributed by atoms with Crippen molar-refractivity contribution >= 4 is 27.3 Å². The van der Waals surface area contributed by atoms with E-state index < -0.39 is 29.2 Å². The molecule has 7 rings (SSSR count). The number of thiophene rings is 1. The Morgan fingerprint density at radius 2 is 1.82 bits per heavy atom. The number of nitrogens with zero attached hydrogens (tertiary/aromatic N) is 2. The predicted octanol–water partition coefficient (Wildman–Crippen LogP) is 6.76. The topological polar surface area (TPSA) is 86.3 Å². The number of carbonyl (C=O) groups is 1. The molecule has 3 heterocycles. The number of hydrogen-bond donors (Lipinski definition) is 2. The first-order chi connectivity index (χ1) is 21.1. The number of H-pyrrole nitrogens is 1. The summed E-state index contributed by atoms with van der Waals surface area (Å²) >= 11 is 1.71. The molecule has 44 heavy (non-hydrogen) atoms. The van der Waals surface area contributed by atoms with E-state index >= 15 is 0 Å². The standard InChI is InChI=1S/C34H28F3N3O3S/c35-34(36,37)25-7-2-5-23(18-25)29(41)31(43)40-14-3-8-27-26(19-40)30(42)39-32(38-27)33(12-13-33)24-6-1-4-20(17-24)21-9-10-28-22(16-21)11-15-44-28/h1-2,4-7,9-11,15-18,29,41H,3,8,12-14,19H2,(H,38,39,42)/t29-/m1/s1. The maximum atomic E-state index is 13.5. The van der Waals surface area contributed by atoms with Crippen LogP contribution in [-0.2, 0) is 29.4 Å². The van der Waals surface area contributed by atoms with Crippen LogP contribution < -0.4 is 5.56 Å². The number of aromatic nitrogens is 2. The molecule has 1 atom stereocenters. The lowest BCUT2D eigenvalue weighted by Gasteiger charge is -2.24. The van der Waals surface area contributed by atoms with Gasteiger partial charge in [0.15, 0.2) is 6.10 Å². The maximum absolute atomic E-state index is 13.5.